The summed E-state index contributed by atoms with van der Waals surface area (Å²) in [5.41, 5.74) is 7.69. The van der Waals surface area contributed by atoms with E-state index in [0.717, 1.165) is 5.56 Å². The number of carbonyl (C=O) groups excluding carboxylic acids is 1. The van der Waals surface area contributed by atoms with Gasteiger partial charge in [-0.1, -0.05) is 18.2 Å². The zero-order valence-corrected chi connectivity index (χ0v) is 13.2. The number of methoxy groups -OCH3 is 1. The van der Waals surface area contributed by atoms with Crippen molar-refractivity contribution in [2.24, 2.45) is 0 Å². The summed E-state index contributed by atoms with van der Waals surface area (Å²) in [5.74, 6) is 0.975. The van der Waals surface area contributed by atoms with E-state index in [9.17, 15) is 4.79 Å². The van der Waals surface area contributed by atoms with Crippen molar-refractivity contribution in [1.29, 1.82) is 5.26 Å². The Morgan fingerprint density at radius 1 is 1.33 bits per heavy atom. The normalized spacial score (nSPS) is 16.1. The number of ether oxygens (including phenoxy) is 2. The molecule has 2 aromatic carbocycles. The van der Waals surface area contributed by atoms with Crippen LogP contribution >= 0.6 is 0 Å². The van der Waals surface area contributed by atoms with Gasteiger partial charge in [-0.15, -0.1) is 0 Å². The lowest BCUT2D eigenvalue weighted by Crippen LogP contribution is -2.47. The van der Waals surface area contributed by atoms with E-state index in [0.29, 0.717) is 29.3 Å². The number of hydrogen-bond acceptors (Lipinski definition) is 5. The van der Waals surface area contributed by atoms with E-state index < -0.39 is 6.10 Å². The number of hydrogen-bond donors (Lipinski definition) is 1. The zero-order chi connectivity index (χ0) is 17.1. The molecule has 0 aliphatic carbocycles. The van der Waals surface area contributed by atoms with Gasteiger partial charge in [-0.25, -0.2) is 0 Å². The first-order chi connectivity index (χ1) is 11.6. The molecule has 3 rings (SSSR count). The molecule has 0 saturated heterocycles. The summed E-state index contributed by atoms with van der Waals surface area (Å²) in [6.07, 6.45) is -0.361. The van der Waals surface area contributed by atoms with Crippen LogP contribution in [0.15, 0.2) is 42.5 Å². The van der Waals surface area contributed by atoms with Gasteiger partial charge in [-0.2, -0.15) is 5.26 Å². The maximum Gasteiger partial charge on any atom is 0.269 e. The lowest BCUT2D eigenvalue weighted by Gasteiger charge is -2.33. The van der Waals surface area contributed by atoms with Crippen molar-refractivity contribution >= 4 is 17.3 Å². The fourth-order valence-electron chi connectivity index (χ4n) is 2.78. The first-order valence-corrected chi connectivity index (χ1v) is 7.50. The molecular weight excluding hydrogens is 306 g/mol. The minimum atomic E-state index is -0.717. The molecule has 6 heteroatoms. The van der Waals surface area contributed by atoms with E-state index >= 15 is 0 Å². The van der Waals surface area contributed by atoms with Crippen LogP contribution in [-0.4, -0.2) is 25.7 Å². The van der Waals surface area contributed by atoms with Gasteiger partial charge < -0.3 is 15.2 Å². The second-order valence-corrected chi connectivity index (χ2v) is 5.43. The van der Waals surface area contributed by atoms with Gasteiger partial charge >= 0.3 is 0 Å². The van der Waals surface area contributed by atoms with Crippen LogP contribution < -0.4 is 20.1 Å². The molecule has 1 unspecified atom stereocenters. The lowest BCUT2D eigenvalue weighted by molar-refractivity contribution is -0.126. The van der Waals surface area contributed by atoms with E-state index in [1.54, 1.807) is 25.3 Å². The Labute approximate surface area is 140 Å². The molecule has 1 amide bonds. The molecule has 1 aliphatic heterocycles. The van der Waals surface area contributed by atoms with Crippen molar-refractivity contribution in [3.63, 3.8) is 0 Å². The number of anilines is 2. The van der Waals surface area contributed by atoms with E-state index in [-0.39, 0.29) is 12.5 Å². The number of nitrogens with zero attached hydrogens (tertiary/aromatic N) is 2. The average molecular weight is 323 g/mol. The Kier molecular flexibility index (Phi) is 4.25. The van der Waals surface area contributed by atoms with Crippen LogP contribution in [0, 0.1) is 11.3 Å². The Bertz CT molecular complexity index is 813. The molecule has 0 bridgehead atoms. The topological polar surface area (TPSA) is 88.6 Å². The second kappa shape index (κ2) is 6.50. The van der Waals surface area contributed by atoms with Crippen LogP contribution in [0.4, 0.5) is 11.4 Å². The number of benzene rings is 2. The number of rotatable bonds is 4. The highest BCUT2D eigenvalue weighted by molar-refractivity contribution is 6.01. The number of nitriles is 1. The minimum absolute atomic E-state index is 0.0545. The van der Waals surface area contributed by atoms with Gasteiger partial charge in [0.2, 0.25) is 0 Å². The maximum absolute atomic E-state index is 12.8. The molecule has 0 radical (unpaired) electrons. The fraction of sp³-hybridized carbons (Fsp3) is 0.222. The van der Waals surface area contributed by atoms with E-state index in [2.05, 4.69) is 0 Å². The maximum atomic E-state index is 12.8. The van der Waals surface area contributed by atoms with Crippen molar-refractivity contribution in [3.8, 4) is 17.6 Å². The van der Waals surface area contributed by atoms with Crippen LogP contribution in [-0.2, 0) is 11.2 Å². The van der Waals surface area contributed by atoms with Crippen molar-refractivity contribution < 1.29 is 14.3 Å². The van der Waals surface area contributed by atoms with Crippen LogP contribution in [0.1, 0.15) is 5.56 Å². The first kappa shape index (κ1) is 15.7. The quantitative estimate of drug-likeness (QED) is 0.688. The molecule has 1 heterocycles. The smallest absolute Gasteiger partial charge is 0.269 e. The number of nitrogen functional groups attached to an aromatic ring is 1. The molecule has 24 heavy (non-hydrogen) atoms. The lowest BCUT2D eigenvalue weighted by atomic mass is 10.0. The second-order valence-electron chi connectivity index (χ2n) is 5.43. The van der Waals surface area contributed by atoms with Crippen LogP contribution in [0.25, 0.3) is 0 Å². The summed E-state index contributed by atoms with van der Waals surface area (Å²) in [7, 11) is 1.59. The minimum Gasteiger partial charge on any atom is -0.496 e. The van der Waals surface area contributed by atoms with Gasteiger partial charge in [0.1, 0.15) is 18.0 Å². The standard InChI is InChI=1S/C18H17N3O3/c1-23-15-5-3-2-4-12(15)10-17-18(22)21(9-8-19)14-11-13(20)6-7-16(14)24-17/h2-7,11,17H,9-10,20H2,1H3. The van der Waals surface area contributed by atoms with Crippen molar-refractivity contribution in [1.82, 2.24) is 0 Å². The van der Waals surface area contributed by atoms with Crippen LogP contribution in [0.3, 0.4) is 0 Å². The molecule has 1 atom stereocenters. The van der Waals surface area contributed by atoms with Gasteiger partial charge in [-0.05, 0) is 29.8 Å². The zero-order valence-electron chi connectivity index (χ0n) is 13.2. The summed E-state index contributed by atoms with van der Waals surface area (Å²) in [6, 6.07) is 14.6. The SMILES string of the molecule is COc1ccccc1CC1Oc2ccc(N)cc2N(CC#N)C1=O. The predicted octanol–water partition coefficient (Wildman–Crippen LogP) is 2.14. The van der Waals surface area contributed by atoms with Gasteiger partial charge in [0.05, 0.1) is 18.9 Å². The third-order valence-corrected chi connectivity index (χ3v) is 3.91. The fourth-order valence-corrected chi connectivity index (χ4v) is 2.78. The van der Waals surface area contributed by atoms with Crippen LogP contribution in [0.5, 0.6) is 11.5 Å². The summed E-state index contributed by atoms with van der Waals surface area (Å²) in [4.78, 5) is 14.2. The largest absolute Gasteiger partial charge is 0.496 e. The Hall–Kier alpha value is -3.20. The van der Waals surface area contributed by atoms with Crippen molar-refractivity contribution in [3.05, 3.63) is 48.0 Å². The third kappa shape index (κ3) is 2.84. The number of amides is 1. The summed E-state index contributed by atoms with van der Waals surface area (Å²) >= 11 is 0. The van der Waals surface area contributed by atoms with Gasteiger partial charge in [0.25, 0.3) is 5.91 Å². The Morgan fingerprint density at radius 3 is 2.88 bits per heavy atom. The van der Waals surface area contributed by atoms with Crippen LogP contribution in [0.2, 0.25) is 0 Å². The predicted molar refractivity (Wildman–Crippen MR) is 89.9 cm³/mol. The Balaban J connectivity index is 1.94. The van der Waals surface area contributed by atoms with Gasteiger partial charge in [-0.3, -0.25) is 9.69 Å². The average Bonchev–Trinajstić information content (AvgIpc) is 2.59. The number of para-hydroxylation sites is 1. The number of nitrogens with two attached hydrogens (primary N) is 1. The summed E-state index contributed by atoms with van der Waals surface area (Å²) in [5, 5.41) is 9.05. The molecule has 122 valence electrons. The molecule has 1 aliphatic rings. The highest BCUT2D eigenvalue weighted by atomic mass is 16.5. The van der Waals surface area contributed by atoms with Gasteiger partial charge in [0.15, 0.2) is 6.10 Å². The Morgan fingerprint density at radius 2 is 2.12 bits per heavy atom. The molecule has 2 aromatic rings. The molecule has 0 saturated carbocycles. The first-order valence-electron chi connectivity index (χ1n) is 7.50. The summed E-state index contributed by atoms with van der Waals surface area (Å²) in [6.45, 7) is -0.0545. The van der Waals surface area contributed by atoms with E-state index in [4.69, 9.17) is 20.5 Å². The summed E-state index contributed by atoms with van der Waals surface area (Å²) < 4.78 is 11.2. The number of fused-ring (bicyclic) bond motifs is 1. The molecule has 6 nitrogen and oxygen atoms in total. The number of carbonyl (C=O) groups is 1. The highest BCUT2D eigenvalue weighted by Gasteiger charge is 2.35. The van der Waals surface area contributed by atoms with E-state index in [1.807, 2.05) is 30.3 Å². The van der Waals surface area contributed by atoms with Crippen molar-refractivity contribution in [2.75, 3.05) is 24.3 Å². The molecule has 2 N–H and O–H groups in total. The van der Waals surface area contributed by atoms with Gasteiger partial charge in [0, 0.05) is 12.1 Å². The van der Waals surface area contributed by atoms with E-state index in [1.165, 1.54) is 4.90 Å². The molecular formula is C18H17N3O3. The third-order valence-electron chi connectivity index (χ3n) is 3.91. The monoisotopic (exact) mass is 323 g/mol. The van der Waals surface area contributed by atoms with Crippen molar-refractivity contribution in [2.45, 2.75) is 12.5 Å². The highest BCUT2D eigenvalue weighted by Crippen LogP contribution is 2.36. The molecule has 0 fully saturated rings. The molecule has 0 aromatic heterocycles. The molecule has 0 spiro atoms.